The van der Waals surface area contributed by atoms with Gasteiger partial charge in [0.25, 0.3) is 0 Å². The van der Waals surface area contributed by atoms with E-state index in [0.717, 1.165) is 28.9 Å². The third kappa shape index (κ3) is 3.24. The molecule has 0 N–H and O–H groups in total. The summed E-state index contributed by atoms with van der Waals surface area (Å²) in [6.07, 6.45) is 4.49. The van der Waals surface area contributed by atoms with Crippen LogP contribution in [-0.4, -0.2) is 28.9 Å². The SMILES string of the molecule is CCCN(CCCl)c1ncncc1I. The van der Waals surface area contributed by atoms with Crippen LogP contribution in [0.3, 0.4) is 0 Å². The third-order valence-corrected chi connectivity index (χ3v) is 2.73. The quantitative estimate of drug-likeness (QED) is 0.615. The Morgan fingerprint density at radius 1 is 1.50 bits per heavy atom. The van der Waals surface area contributed by atoms with Gasteiger partial charge in [-0.3, -0.25) is 0 Å². The number of nitrogens with zero attached hydrogens (tertiary/aromatic N) is 3. The molecule has 0 spiro atoms. The second-order valence-corrected chi connectivity index (χ2v) is 4.41. The molecule has 0 amide bonds. The molecule has 0 radical (unpaired) electrons. The Morgan fingerprint density at radius 2 is 2.29 bits per heavy atom. The minimum Gasteiger partial charge on any atom is -0.354 e. The molecule has 0 bridgehead atoms. The molecular weight excluding hydrogens is 312 g/mol. The smallest absolute Gasteiger partial charge is 0.145 e. The molecular formula is C9H13ClIN3. The van der Waals surface area contributed by atoms with Gasteiger partial charge in [0.05, 0.1) is 3.57 Å². The zero-order valence-electron chi connectivity index (χ0n) is 8.08. The molecule has 0 aliphatic heterocycles. The lowest BCUT2D eigenvalue weighted by molar-refractivity contribution is 0.776. The van der Waals surface area contributed by atoms with E-state index in [1.54, 1.807) is 6.33 Å². The highest BCUT2D eigenvalue weighted by atomic mass is 127. The van der Waals surface area contributed by atoms with Gasteiger partial charge >= 0.3 is 0 Å². The van der Waals surface area contributed by atoms with Crippen molar-refractivity contribution in [2.24, 2.45) is 0 Å². The first kappa shape index (κ1) is 12.0. The van der Waals surface area contributed by atoms with Crippen molar-refractivity contribution in [1.82, 2.24) is 9.97 Å². The number of aromatic nitrogens is 2. The van der Waals surface area contributed by atoms with Crippen molar-refractivity contribution < 1.29 is 0 Å². The van der Waals surface area contributed by atoms with E-state index in [9.17, 15) is 0 Å². The average Bonchev–Trinajstić information content (AvgIpc) is 2.18. The number of rotatable bonds is 5. The normalized spacial score (nSPS) is 10.2. The zero-order valence-corrected chi connectivity index (χ0v) is 11.0. The first-order valence-electron chi connectivity index (χ1n) is 4.56. The maximum Gasteiger partial charge on any atom is 0.145 e. The standard InChI is InChI=1S/C9H13ClIN3/c1-2-4-14(5-3-10)9-8(11)6-12-7-13-9/h6-7H,2-5H2,1H3. The van der Waals surface area contributed by atoms with Crippen molar-refractivity contribution in [2.45, 2.75) is 13.3 Å². The van der Waals surface area contributed by atoms with E-state index in [1.807, 2.05) is 6.20 Å². The number of halogens is 2. The number of hydrogen-bond acceptors (Lipinski definition) is 3. The molecule has 0 fully saturated rings. The van der Waals surface area contributed by atoms with Gasteiger partial charge in [-0.1, -0.05) is 6.92 Å². The van der Waals surface area contributed by atoms with Crippen LogP contribution in [0.15, 0.2) is 12.5 Å². The van der Waals surface area contributed by atoms with E-state index in [1.165, 1.54) is 0 Å². The van der Waals surface area contributed by atoms with Crippen LogP contribution in [0.1, 0.15) is 13.3 Å². The fourth-order valence-electron chi connectivity index (χ4n) is 1.23. The van der Waals surface area contributed by atoms with E-state index in [2.05, 4.69) is 44.4 Å². The van der Waals surface area contributed by atoms with E-state index in [0.29, 0.717) is 5.88 Å². The Kier molecular flexibility index (Phi) is 5.47. The van der Waals surface area contributed by atoms with Crippen LogP contribution in [-0.2, 0) is 0 Å². The summed E-state index contributed by atoms with van der Waals surface area (Å²) in [5, 5.41) is 0. The van der Waals surface area contributed by atoms with Gasteiger partial charge in [-0.05, 0) is 29.0 Å². The van der Waals surface area contributed by atoms with Crippen molar-refractivity contribution in [3.05, 3.63) is 16.1 Å². The fourth-order valence-corrected chi connectivity index (χ4v) is 2.08. The Bertz CT molecular complexity index is 277. The number of anilines is 1. The van der Waals surface area contributed by atoms with Crippen LogP contribution in [0, 0.1) is 3.57 Å². The molecule has 0 aliphatic carbocycles. The van der Waals surface area contributed by atoms with Crippen molar-refractivity contribution >= 4 is 40.0 Å². The van der Waals surface area contributed by atoms with Gasteiger partial charge in [0.1, 0.15) is 12.1 Å². The summed E-state index contributed by atoms with van der Waals surface area (Å²) < 4.78 is 1.07. The molecule has 78 valence electrons. The lowest BCUT2D eigenvalue weighted by Gasteiger charge is -2.22. The predicted molar refractivity (Wildman–Crippen MR) is 68.0 cm³/mol. The van der Waals surface area contributed by atoms with Gasteiger partial charge in [0, 0.05) is 25.2 Å². The minimum atomic E-state index is 0.625. The first-order valence-corrected chi connectivity index (χ1v) is 6.17. The second-order valence-electron chi connectivity index (χ2n) is 2.87. The molecule has 14 heavy (non-hydrogen) atoms. The van der Waals surface area contributed by atoms with Crippen LogP contribution in [0.5, 0.6) is 0 Å². The van der Waals surface area contributed by atoms with E-state index >= 15 is 0 Å². The van der Waals surface area contributed by atoms with Gasteiger partial charge < -0.3 is 4.90 Å². The summed E-state index contributed by atoms with van der Waals surface area (Å²) >= 11 is 7.99. The number of hydrogen-bond donors (Lipinski definition) is 0. The van der Waals surface area contributed by atoms with Gasteiger partial charge in [-0.15, -0.1) is 11.6 Å². The van der Waals surface area contributed by atoms with Gasteiger partial charge in [-0.25, -0.2) is 9.97 Å². The van der Waals surface area contributed by atoms with Crippen LogP contribution in [0.2, 0.25) is 0 Å². The van der Waals surface area contributed by atoms with E-state index in [4.69, 9.17) is 11.6 Å². The van der Waals surface area contributed by atoms with Crippen LogP contribution >= 0.6 is 34.2 Å². The molecule has 0 aliphatic rings. The van der Waals surface area contributed by atoms with Crippen molar-refractivity contribution in [3.63, 3.8) is 0 Å². The Morgan fingerprint density at radius 3 is 2.86 bits per heavy atom. The van der Waals surface area contributed by atoms with E-state index < -0.39 is 0 Å². The van der Waals surface area contributed by atoms with Crippen molar-refractivity contribution in [1.29, 1.82) is 0 Å². The highest BCUT2D eigenvalue weighted by Gasteiger charge is 2.09. The van der Waals surface area contributed by atoms with Crippen molar-refractivity contribution in [2.75, 3.05) is 23.9 Å². The average molecular weight is 326 g/mol. The molecule has 0 saturated carbocycles. The van der Waals surface area contributed by atoms with Crippen LogP contribution in [0.4, 0.5) is 5.82 Å². The minimum absolute atomic E-state index is 0.625. The maximum atomic E-state index is 5.75. The third-order valence-electron chi connectivity index (χ3n) is 1.80. The van der Waals surface area contributed by atoms with Crippen LogP contribution < -0.4 is 4.90 Å². The summed E-state index contributed by atoms with van der Waals surface area (Å²) in [7, 11) is 0. The monoisotopic (exact) mass is 325 g/mol. The molecule has 0 saturated heterocycles. The molecule has 1 rings (SSSR count). The second kappa shape index (κ2) is 6.40. The lowest BCUT2D eigenvalue weighted by atomic mass is 10.4. The maximum absolute atomic E-state index is 5.75. The summed E-state index contributed by atoms with van der Waals surface area (Å²) in [4.78, 5) is 10.4. The first-order chi connectivity index (χ1) is 6.79. The molecule has 3 nitrogen and oxygen atoms in total. The summed E-state index contributed by atoms with van der Waals surface area (Å²) in [5.74, 6) is 1.61. The highest BCUT2D eigenvalue weighted by Crippen LogP contribution is 2.18. The molecule has 0 aromatic carbocycles. The predicted octanol–water partition coefficient (Wildman–Crippen LogP) is 2.54. The molecule has 0 atom stereocenters. The van der Waals surface area contributed by atoms with Gasteiger partial charge in [0.15, 0.2) is 0 Å². The largest absolute Gasteiger partial charge is 0.354 e. The Balaban J connectivity index is 2.81. The molecule has 5 heteroatoms. The number of alkyl halides is 1. The van der Waals surface area contributed by atoms with Gasteiger partial charge in [-0.2, -0.15) is 0 Å². The molecule has 1 aromatic rings. The summed E-state index contributed by atoms with van der Waals surface area (Å²) in [6, 6.07) is 0. The van der Waals surface area contributed by atoms with Crippen LogP contribution in [0.25, 0.3) is 0 Å². The molecule has 1 heterocycles. The Labute approximate surface area is 103 Å². The lowest BCUT2D eigenvalue weighted by Crippen LogP contribution is -2.28. The Hall–Kier alpha value is -0.100. The van der Waals surface area contributed by atoms with Gasteiger partial charge in [0.2, 0.25) is 0 Å². The fraction of sp³-hybridized carbons (Fsp3) is 0.556. The topological polar surface area (TPSA) is 29.0 Å². The summed E-state index contributed by atoms with van der Waals surface area (Å²) in [6.45, 7) is 3.97. The summed E-state index contributed by atoms with van der Waals surface area (Å²) in [5.41, 5.74) is 0. The highest BCUT2D eigenvalue weighted by molar-refractivity contribution is 14.1. The molecule has 1 aromatic heterocycles. The van der Waals surface area contributed by atoms with Crippen molar-refractivity contribution in [3.8, 4) is 0 Å². The zero-order chi connectivity index (χ0) is 10.4. The molecule has 0 unspecified atom stereocenters. The van der Waals surface area contributed by atoms with E-state index in [-0.39, 0.29) is 0 Å².